The minimum atomic E-state index is -4.14. The van der Waals surface area contributed by atoms with Crippen LogP contribution in [0.2, 0.25) is 0 Å². The van der Waals surface area contributed by atoms with Crippen molar-refractivity contribution in [2.75, 3.05) is 0 Å². The number of hydrogen-bond donors (Lipinski definition) is 1. The Morgan fingerprint density at radius 2 is 1.66 bits per heavy atom. The highest BCUT2D eigenvalue weighted by Gasteiger charge is 2.21. The van der Waals surface area contributed by atoms with Crippen LogP contribution in [0.25, 0.3) is 6.08 Å². The number of halogens is 2. The van der Waals surface area contributed by atoms with Crippen LogP contribution >= 0.6 is 31.9 Å². The third-order valence-electron chi connectivity index (χ3n) is 4.22. The van der Waals surface area contributed by atoms with Gasteiger partial charge in [0.05, 0.1) is 4.47 Å². The summed E-state index contributed by atoms with van der Waals surface area (Å²) in [4.78, 5) is 12.5. The normalized spacial score (nSPS) is 11.5. The van der Waals surface area contributed by atoms with Crippen molar-refractivity contribution in [3.8, 4) is 11.8 Å². The number of nitriles is 1. The Balaban J connectivity index is 1.93. The van der Waals surface area contributed by atoms with E-state index < -0.39 is 16.0 Å². The Morgan fingerprint density at radius 1 is 1.03 bits per heavy atom. The average Bonchev–Trinajstić information content (AvgIpc) is 2.79. The average molecular weight is 576 g/mol. The predicted molar refractivity (Wildman–Crippen MR) is 128 cm³/mol. The number of benzene rings is 3. The van der Waals surface area contributed by atoms with Crippen molar-refractivity contribution in [1.29, 1.82) is 5.26 Å². The van der Waals surface area contributed by atoms with E-state index in [-0.39, 0.29) is 28.3 Å². The topological polar surface area (TPSA) is 96.3 Å². The van der Waals surface area contributed by atoms with Gasteiger partial charge in [-0.3, -0.25) is 4.79 Å². The van der Waals surface area contributed by atoms with E-state index in [1.807, 2.05) is 36.4 Å². The molecule has 6 nitrogen and oxygen atoms in total. The number of amides is 1. The zero-order valence-electron chi connectivity index (χ0n) is 16.5. The number of rotatable bonds is 7. The van der Waals surface area contributed by atoms with Crippen molar-refractivity contribution in [2.24, 2.45) is 0 Å². The summed E-state index contributed by atoms with van der Waals surface area (Å²) in [5, 5.41) is 12.2. The minimum Gasteiger partial charge on any atom is -0.377 e. The predicted octanol–water partition coefficient (Wildman–Crippen LogP) is 5.20. The molecule has 0 unspecified atom stereocenters. The van der Waals surface area contributed by atoms with Crippen LogP contribution in [0.5, 0.6) is 5.75 Å². The SMILES string of the molecule is N#C/C(=C\c1cc(Br)cc(Br)c1OS(=O)(=O)c1ccccc1)C(=O)NCc1ccccc1. The highest BCUT2D eigenvalue weighted by atomic mass is 79.9. The van der Waals surface area contributed by atoms with Gasteiger partial charge in [0.2, 0.25) is 0 Å². The first kappa shape index (κ1) is 23.7. The molecule has 0 heterocycles. The zero-order chi connectivity index (χ0) is 23.1. The zero-order valence-corrected chi connectivity index (χ0v) is 20.4. The minimum absolute atomic E-state index is 0.0224. The first-order chi connectivity index (χ1) is 15.3. The summed E-state index contributed by atoms with van der Waals surface area (Å²) >= 11 is 6.64. The number of carbonyl (C=O) groups excluding carboxylic acids is 1. The summed E-state index contributed by atoms with van der Waals surface area (Å²) < 4.78 is 31.7. The molecule has 3 aromatic rings. The van der Waals surface area contributed by atoms with Crippen molar-refractivity contribution in [3.05, 3.63) is 98.4 Å². The Bertz CT molecular complexity index is 1300. The van der Waals surface area contributed by atoms with Gasteiger partial charge in [0, 0.05) is 16.6 Å². The van der Waals surface area contributed by atoms with Gasteiger partial charge < -0.3 is 9.50 Å². The van der Waals surface area contributed by atoms with Crippen LogP contribution in [-0.2, 0) is 21.5 Å². The molecular weight excluding hydrogens is 560 g/mol. The molecule has 0 saturated carbocycles. The Hall–Kier alpha value is -2.93. The molecule has 0 aliphatic heterocycles. The van der Waals surface area contributed by atoms with Crippen LogP contribution in [0.1, 0.15) is 11.1 Å². The maximum atomic E-state index is 12.7. The molecule has 3 rings (SSSR count). The molecule has 0 radical (unpaired) electrons. The Kier molecular flexibility index (Phi) is 7.85. The monoisotopic (exact) mass is 574 g/mol. The van der Waals surface area contributed by atoms with Crippen LogP contribution < -0.4 is 9.50 Å². The first-order valence-corrected chi connectivity index (χ1v) is 12.2. The van der Waals surface area contributed by atoms with Gasteiger partial charge in [-0.1, -0.05) is 64.5 Å². The van der Waals surface area contributed by atoms with Crippen molar-refractivity contribution >= 4 is 54.0 Å². The molecule has 0 bridgehead atoms. The fourth-order valence-corrected chi connectivity index (χ4v) is 5.14. The molecule has 9 heteroatoms. The van der Waals surface area contributed by atoms with Gasteiger partial charge >= 0.3 is 10.1 Å². The summed E-state index contributed by atoms with van der Waals surface area (Å²) in [6, 6.07) is 22.0. The third-order valence-corrected chi connectivity index (χ3v) is 6.51. The van der Waals surface area contributed by atoms with E-state index >= 15 is 0 Å². The van der Waals surface area contributed by atoms with Crippen LogP contribution in [-0.4, -0.2) is 14.3 Å². The summed E-state index contributed by atoms with van der Waals surface area (Å²) in [5.41, 5.74) is 0.909. The standard InChI is InChI=1S/C23H16Br2N2O4S/c24-19-12-17(11-18(14-26)23(28)27-15-16-7-3-1-4-8-16)22(21(25)13-19)31-32(29,30)20-9-5-2-6-10-20/h1-13H,15H2,(H,27,28)/b18-11+. The Labute approximate surface area is 202 Å². The maximum absolute atomic E-state index is 12.7. The number of hydrogen-bond acceptors (Lipinski definition) is 5. The molecule has 0 spiro atoms. The molecule has 0 aliphatic rings. The van der Waals surface area contributed by atoms with Gasteiger partial charge in [-0.15, -0.1) is 0 Å². The second-order valence-electron chi connectivity index (χ2n) is 6.49. The lowest BCUT2D eigenvalue weighted by molar-refractivity contribution is -0.117. The number of nitrogens with zero attached hydrogens (tertiary/aromatic N) is 1. The Morgan fingerprint density at radius 3 is 2.28 bits per heavy atom. The molecule has 0 atom stereocenters. The van der Waals surface area contributed by atoms with Crippen molar-refractivity contribution in [2.45, 2.75) is 11.4 Å². The summed E-state index contributed by atoms with van der Waals surface area (Å²) in [5.74, 6) is -0.634. The van der Waals surface area contributed by atoms with Gasteiger partial charge in [0.25, 0.3) is 5.91 Å². The molecule has 162 valence electrons. The van der Waals surface area contributed by atoms with Gasteiger partial charge in [-0.25, -0.2) is 0 Å². The van der Waals surface area contributed by atoms with E-state index in [4.69, 9.17) is 4.18 Å². The van der Waals surface area contributed by atoms with E-state index in [1.54, 1.807) is 30.3 Å². The van der Waals surface area contributed by atoms with Crippen LogP contribution in [0.15, 0.2) is 92.2 Å². The molecule has 0 aromatic heterocycles. The van der Waals surface area contributed by atoms with Gasteiger partial charge in [-0.05, 0) is 51.8 Å². The maximum Gasteiger partial charge on any atom is 0.339 e. The van der Waals surface area contributed by atoms with Gasteiger partial charge in [0.1, 0.15) is 16.5 Å². The van der Waals surface area contributed by atoms with E-state index in [9.17, 15) is 18.5 Å². The molecule has 32 heavy (non-hydrogen) atoms. The highest BCUT2D eigenvalue weighted by Crippen LogP contribution is 2.36. The fourth-order valence-electron chi connectivity index (χ4n) is 2.70. The molecular formula is C23H16Br2N2O4S. The lowest BCUT2D eigenvalue weighted by Crippen LogP contribution is -2.24. The molecule has 3 aromatic carbocycles. The number of carbonyl (C=O) groups is 1. The molecule has 0 fully saturated rings. The van der Waals surface area contributed by atoms with E-state index in [2.05, 4.69) is 37.2 Å². The van der Waals surface area contributed by atoms with Crippen molar-refractivity contribution in [1.82, 2.24) is 5.32 Å². The lowest BCUT2D eigenvalue weighted by Gasteiger charge is -2.13. The summed E-state index contributed by atoms with van der Waals surface area (Å²) in [6.45, 7) is 0.243. The van der Waals surface area contributed by atoms with E-state index in [0.29, 0.717) is 8.95 Å². The molecule has 0 aliphatic carbocycles. The largest absolute Gasteiger partial charge is 0.377 e. The molecule has 1 amide bonds. The lowest BCUT2D eigenvalue weighted by atomic mass is 10.1. The second-order valence-corrected chi connectivity index (χ2v) is 9.81. The van der Waals surface area contributed by atoms with Gasteiger partial charge in [-0.2, -0.15) is 13.7 Å². The van der Waals surface area contributed by atoms with Crippen molar-refractivity contribution in [3.63, 3.8) is 0 Å². The van der Waals surface area contributed by atoms with Crippen LogP contribution in [0, 0.1) is 11.3 Å². The first-order valence-electron chi connectivity index (χ1n) is 9.22. The van der Waals surface area contributed by atoms with E-state index in [0.717, 1.165) is 5.56 Å². The number of nitrogens with one attached hydrogen (secondary N) is 1. The van der Waals surface area contributed by atoms with Crippen LogP contribution in [0.3, 0.4) is 0 Å². The molecule has 1 N–H and O–H groups in total. The second kappa shape index (κ2) is 10.6. The quantitative estimate of drug-likeness (QED) is 0.237. The summed E-state index contributed by atoms with van der Waals surface area (Å²) in [6.07, 6.45) is 1.28. The van der Waals surface area contributed by atoms with Gasteiger partial charge in [0.15, 0.2) is 5.75 Å². The smallest absolute Gasteiger partial charge is 0.339 e. The highest BCUT2D eigenvalue weighted by molar-refractivity contribution is 9.11. The van der Waals surface area contributed by atoms with Crippen LogP contribution in [0.4, 0.5) is 0 Å². The molecule has 0 saturated heterocycles. The fraction of sp³-hybridized carbons (Fsp3) is 0.0435. The van der Waals surface area contributed by atoms with Crippen molar-refractivity contribution < 1.29 is 17.4 Å². The third kappa shape index (κ3) is 6.07. The summed E-state index contributed by atoms with van der Waals surface area (Å²) in [7, 11) is -4.14. The van der Waals surface area contributed by atoms with E-state index in [1.165, 1.54) is 18.2 Å².